The summed E-state index contributed by atoms with van der Waals surface area (Å²) in [5.74, 6) is -0.230. The van der Waals surface area contributed by atoms with Gasteiger partial charge >= 0.3 is 5.69 Å². The zero-order valence-corrected chi connectivity index (χ0v) is 17.0. The van der Waals surface area contributed by atoms with Gasteiger partial charge in [0.1, 0.15) is 0 Å². The van der Waals surface area contributed by atoms with Crippen LogP contribution in [-0.2, 0) is 14.1 Å². The van der Waals surface area contributed by atoms with Gasteiger partial charge in [0.25, 0.3) is 5.91 Å². The molecule has 0 aliphatic rings. The quantitative estimate of drug-likeness (QED) is 0.712. The van der Waals surface area contributed by atoms with E-state index in [1.165, 1.54) is 4.57 Å². The van der Waals surface area contributed by atoms with Gasteiger partial charge in [-0.2, -0.15) is 0 Å². The van der Waals surface area contributed by atoms with Crippen LogP contribution in [0, 0.1) is 6.92 Å². The van der Waals surface area contributed by atoms with Gasteiger partial charge in [-0.25, -0.2) is 4.79 Å². The van der Waals surface area contributed by atoms with Crippen molar-refractivity contribution < 1.29 is 4.79 Å². The van der Waals surface area contributed by atoms with Gasteiger partial charge in [0, 0.05) is 44.0 Å². The van der Waals surface area contributed by atoms with Crippen molar-refractivity contribution in [3.63, 3.8) is 0 Å². The Morgan fingerprint density at radius 2 is 1.69 bits per heavy atom. The third-order valence-corrected chi connectivity index (χ3v) is 5.20. The largest absolute Gasteiger partial charge is 0.377 e. The molecule has 1 heterocycles. The van der Waals surface area contributed by atoms with Crippen molar-refractivity contribution in [1.29, 1.82) is 0 Å². The highest BCUT2D eigenvalue weighted by Gasteiger charge is 2.16. The number of aromatic nitrogens is 2. The fourth-order valence-corrected chi connectivity index (χ4v) is 3.64. The normalized spacial score (nSPS) is 11.0. The van der Waals surface area contributed by atoms with Crippen molar-refractivity contribution in [2.45, 2.75) is 6.92 Å². The van der Waals surface area contributed by atoms with Crippen molar-refractivity contribution in [2.24, 2.45) is 14.1 Å². The van der Waals surface area contributed by atoms with E-state index in [0.29, 0.717) is 15.6 Å². The Balaban J connectivity index is 1.98. The number of hydrogen-bond acceptors (Lipinski definition) is 3. The maximum absolute atomic E-state index is 12.8. The lowest BCUT2D eigenvalue weighted by Gasteiger charge is -2.16. The molecule has 0 unspecified atom stereocenters. The van der Waals surface area contributed by atoms with Gasteiger partial charge in [-0.3, -0.25) is 13.9 Å². The fourth-order valence-electron chi connectivity index (χ4n) is 3.13. The van der Waals surface area contributed by atoms with E-state index >= 15 is 0 Å². The van der Waals surface area contributed by atoms with E-state index in [1.807, 2.05) is 44.1 Å². The monoisotopic (exact) mass is 416 g/mol. The van der Waals surface area contributed by atoms with Crippen LogP contribution in [0.3, 0.4) is 0 Å². The number of nitrogens with zero attached hydrogens (tertiary/aromatic N) is 3. The van der Waals surface area contributed by atoms with E-state index in [-0.39, 0.29) is 11.6 Å². The number of aryl methyl sites for hydroxylation is 3. The summed E-state index contributed by atoms with van der Waals surface area (Å²) in [6.07, 6.45) is 0. The molecule has 0 radical (unpaired) electrons. The molecule has 0 bridgehead atoms. The first-order valence-corrected chi connectivity index (χ1v) is 8.94. The molecule has 136 valence electrons. The molecule has 6 nitrogen and oxygen atoms in total. The van der Waals surface area contributed by atoms with Gasteiger partial charge in [-0.1, -0.05) is 0 Å². The summed E-state index contributed by atoms with van der Waals surface area (Å²) in [5, 5.41) is 2.93. The predicted molar refractivity (Wildman–Crippen MR) is 109 cm³/mol. The number of nitrogens with one attached hydrogen (secondary N) is 1. The maximum atomic E-state index is 12.8. The first-order valence-electron chi connectivity index (χ1n) is 8.15. The van der Waals surface area contributed by atoms with E-state index in [9.17, 15) is 9.59 Å². The first-order chi connectivity index (χ1) is 12.2. The smallest absolute Gasteiger partial charge is 0.328 e. The molecule has 2 aromatic carbocycles. The fraction of sp³-hybridized carbons (Fsp3) is 0.263. The Bertz CT molecular complexity index is 1080. The van der Waals surface area contributed by atoms with E-state index in [2.05, 4.69) is 21.2 Å². The Morgan fingerprint density at radius 3 is 2.27 bits per heavy atom. The third kappa shape index (κ3) is 3.03. The van der Waals surface area contributed by atoms with Gasteiger partial charge in [-0.15, -0.1) is 0 Å². The van der Waals surface area contributed by atoms with Crippen LogP contribution in [0.1, 0.15) is 15.9 Å². The number of carbonyl (C=O) groups is 1. The summed E-state index contributed by atoms with van der Waals surface area (Å²) in [7, 11) is 7.38. The van der Waals surface area contributed by atoms with Crippen molar-refractivity contribution >= 4 is 44.2 Å². The first kappa shape index (κ1) is 18.3. The molecular formula is C19H21BrN4O2. The molecule has 3 rings (SSSR count). The Morgan fingerprint density at radius 1 is 1.08 bits per heavy atom. The molecule has 3 aromatic rings. The molecule has 0 aliphatic heterocycles. The second kappa shape index (κ2) is 6.64. The lowest BCUT2D eigenvalue weighted by atomic mass is 10.1. The minimum Gasteiger partial charge on any atom is -0.377 e. The molecule has 1 aromatic heterocycles. The summed E-state index contributed by atoms with van der Waals surface area (Å²) in [6, 6.07) is 9.33. The van der Waals surface area contributed by atoms with E-state index < -0.39 is 0 Å². The molecule has 1 N–H and O–H groups in total. The minimum absolute atomic E-state index is 0.126. The van der Waals surface area contributed by atoms with Gasteiger partial charge < -0.3 is 10.2 Å². The molecule has 0 saturated heterocycles. The number of rotatable bonds is 3. The van der Waals surface area contributed by atoms with E-state index in [0.717, 1.165) is 22.5 Å². The molecular weight excluding hydrogens is 396 g/mol. The topological polar surface area (TPSA) is 59.3 Å². The Kier molecular flexibility index (Phi) is 4.66. The summed E-state index contributed by atoms with van der Waals surface area (Å²) >= 11 is 3.45. The molecule has 7 heteroatoms. The second-order valence-electron chi connectivity index (χ2n) is 6.57. The number of anilines is 2. The molecule has 26 heavy (non-hydrogen) atoms. The van der Waals surface area contributed by atoms with Crippen molar-refractivity contribution in [3.8, 4) is 0 Å². The minimum atomic E-state index is -0.230. The molecule has 1 amide bonds. The number of amides is 1. The van der Waals surface area contributed by atoms with Crippen LogP contribution < -0.4 is 15.9 Å². The van der Waals surface area contributed by atoms with Crippen LogP contribution in [0.2, 0.25) is 0 Å². The number of benzene rings is 2. The van der Waals surface area contributed by atoms with Crippen LogP contribution in [-0.4, -0.2) is 29.1 Å². The van der Waals surface area contributed by atoms with E-state index in [1.54, 1.807) is 30.8 Å². The van der Waals surface area contributed by atoms with Crippen LogP contribution >= 0.6 is 15.9 Å². The number of halogens is 1. The average molecular weight is 417 g/mol. The number of imidazole rings is 1. The number of fused-ring (bicyclic) bond motifs is 1. The SMILES string of the molecule is Cc1cc(NC(=O)c2cc3c(cc2Br)n(C)c(=O)n3C)ccc1N(C)C. The van der Waals surface area contributed by atoms with Gasteiger partial charge in [0.15, 0.2) is 0 Å². The molecule has 0 fully saturated rings. The zero-order chi connectivity index (χ0) is 19.2. The molecule has 0 atom stereocenters. The summed E-state index contributed by atoms with van der Waals surface area (Å²) < 4.78 is 3.74. The third-order valence-electron chi connectivity index (χ3n) is 4.54. The lowest BCUT2D eigenvalue weighted by molar-refractivity contribution is 0.102. The second-order valence-corrected chi connectivity index (χ2v) is 7.43. The Labute approximate surface area is 160 Å². The number of carbonyl (C=O) groups excluding carboxylic acids is 1. The highest BCUT2D eigenvalue weighted by Crippen LogP contribution is 2.26. The highest BCUT2D eigenvalue weighted by atomic mass is 79.9. The zero-order valence-electron chi connectivity index (χ0n) is 15.4. The average Bonchev–Trinajstić information content (AvgIpc) is 2.78. The number of hydrogen-bond donors (Lipinski definition) is 1. The van der Waals surface area contributed by atoms with Crippen molar-refractivity contribution in [2.75, 3.05) is 24.3 Å². The Hall–Kier alpha value is -2.54. The summed E-state index contributed by atoms with van der Waals surface area (Å²) in [4.78, 5) is 26.9. The van der Waals surface area contributed by atoms with Crippen LogP contribution in [0.25, 0.3) is 11.0 Å². The summed E-state index contributed by atoms with van der Waals surface area (Å²) in [6.45, 7) is 2.01. The standard InChI is InChI=1S/C19H21BrN4O2/c1-11-8-12(6-7-15(11)22(2)3)21-18(25)13-9-16-17(10-14(13)20)24(5)19(26)23(16)4/h6-10H,1-5H3,(H,21,25). The van der Waals surface area contributed by atoms with Gasteiger partial charge in [0.2, 0.25) is 0 Å². The van der Waals surface area contributed by atoms with Gasteiger partial charge in [0.05, 0.1) is 16.6 Å². The van der Waals surface area contributed by atoms with Crippen LogP contribution in [0.5, 0.6) is 0 Å². The molecule has 0 aliphatic carbocycles. The molecule has 0 spiro atoms. The van der Waals surface area contributed by atoms with Crippen LogP contribution in [0.15, 0.2) is 39.6 Å². The van der Waals surface area contributed by atoms with Crippen molar-refractivity contribution in [3.05, 3.63) is 56.4 Å². The predicted octanol–water partition coefficient (Wildman–Crippen LogP) is 3.27. The lowest BCUT2D eigenvalue weighted by Crippen LogP contribution is -2.19. The van der Waals surface area contributed by atoms with Crippen LogP contribution in [0.4, 0.5) is 11.4 Å². The van der Waals surface area contributed by atoms with E-state index in [4.69, 9.17) is 0 Å². The van der Waals surface area contributed by atoms with Gasteiger partial charge in [-0.05, 0) is 58.7 Å². The highest BCUT2D eigenvalue weighted by molar-refractivity contribution is 9.10. The van der Waals surface area contributed by atoms with Crippen molar-refractivity contribution in [1.82, 2.24) is 9.13 Å². The maximum Gasteiger partial charge on any atom is 0.328 e. The molecule has 0 saturated carbocycles. The summed E-state index contributed by atoms with van der Waals surface area (Å²) in [5.41, 5.74) is 4.74.